The van der Waals surface area contributed by atoms with Crippen LogP contribution in [0, 0.1) is 0 Å². The fraction of sp³-hybridized carbons (Fsp3) is 0.200. The highest BCUT2D eigenvalue weighted by Crippen LogP contribution is 1.99. The standard InChI is InChI=1S/C10H14O/c1-4-6-9(2)7-5-8-10(3)11/h4-7,11H,1,3,8H2,2H3/b7-5-,9-6-. The molecule has 60 valence electrons. The molecule has 0 rings (SSSR count). The van der Waals surface area contributed by atoms with Gasteiger partial charge < -0.3 is 5.11 Å². The van der Waals surface area contributed by atoms with Crippen LogP contribution >= 0.6 is 0 Å². The normalized spacial score (nSPS) is 11.9. The van der Waals surface area contributed by atoms with Crippen LogP contribution in [-0.4, -0.2) is 5.11 Å². The zero-order valence-electron chi connectivity index (χ0n) is 6.88. The molecular formula is C10H14O. The molecule has 0 saturated carbocycles. The SMILES string of the molecule is C=C/C=C(C)\C=C/CC(=C)O. The largest absolute Gasteiger partial charge is 0.513 e. The van der Waals surface area contributed by atoms with Gasteiger partial charge >= 0.3 is 0 Å². The quantitative estimate of drug-likeness (QED) is 0.482. The van der Waals surface area contributed by atoms with Gasteiger partial charge in [-0.1, -0.05) is 43.0 Å². The zero-order chi connectivity index (χ0) is 8.69. The molecule has 0 aromatic carbocycles. The third kappa shape index (κ3) is 6.65. The third-order valence-corrected chi connectivity index (χ3v) is 1.11. The first kappa shape index (κ1) is 9.76. The molecule has 0 amide bonds. The Labute approximate surface area is 68.1 Å². The molecule has 0 atom stereocenters. The van der Waals surface area contributed by atoms with E-state index in [4.69, 9.17) is 5.11 Å². The van der Waals surface area contributed by atoms with E-state index in [1.54, 1.807) is 6.08 Å². The summed E-state index contributed by atoms with van der Waals surface area (Å²) in [5.41, 5.74) is 1.11. The van der Waals surface area contributed by atoms with Crippen LogP contribution in [0.4, 0.5) is 0 Å². The molecule has 1 nitrogen and oxygen atoms in total. The molecule has 1 heteroatoms. The van der Waals surface area contributed by atoms with Crippen LogP contribution in [0.1, 0.15) is 13.3 Å². The van der Waals surface area contributed by atoms with Gasteiger partial charge in [-0.25, -0.2) is 0 Å². The van der Waals surface area contributed by atoms with Crippen LogP contribution in [0.5, 0.6) is 0 Å². The second-order valence-electron chi connectivity index (χ2n) is 2.32. The summed E-state index contributed by atoms with van der Waals surface area (Å²) in [6, 6.07) is 0. The minimum Gasteiger partial charge on any atom is -0.513 e. The monoisotopic (exact) mass is 150 g/mol. The summed E-state index contributed by atoms with van der Waals surface area (Å²) < 4.78 is 0. The van der Waals surface area contributed by atoms with E-state index in [9.17, 15) is 0 Å². The summed E-state index contributed by atoms with van der Waals surface area (Å²) in [5.74, 6) is 0.188. The van der Waals surface area contributed by atoms with Crippen LogP contribution in [0.25, 0.3) is 0 Å². The van der Waals surface area contributed by atoms with Gasteiger partial charge in [0.15, 0.2) is 0 Å². The van der Waals surface area contributed by atoms with Crippen molar-refractivity contribution in [3.8, 4) is 0 Å². The van der Waals surface area contributed by atoms with E-state index in [0.717, 1.165) is 5.57 Å². The zero-order valence-corrected chi connectivity index (χ0v) is 6.88. The summed E-state index contributed by atoms with van der Waals surface area (Å²) in [6.07, 6.45) is 7.92. The second-order valence-corrected chi connectivity index (χ2v) is 2.32. The van der Waals surface area contributed by atoms with Gasteiger partial charge in [-0.15, -0.1) is 0 Å². The molecule has 0 fully saturated rings. The number of hydrogen-bond donors (Lipinski definition) is 1. The van der Waals surface area contributed by atoms with Crippen molar-refractivity contribution in [2.45, 2.75) is 13.3 Å². The first-order valence-corrected chi connectivity index (χ1v) is 3.49. The van der Waals surface area contributed by atoms with E-state index in [0.29, 0.717) is 6.42 Å². The maximum absolute atomic E-state index is 8.71. The Morgan fingerprint density at radius 1 is 1.55 bits per heavy atom. The van der Waals surface area contributed by atoms with Gasteiger partial charge in [-0.3, -0.25) is 0 Å². The Kier molecular flexibility index (Phi) is 4.91. The van der Waals surface area contributed by atoms with E-state index < -0.39 is 0 Å². The first-order chi connectivity index (χ1) is 5.16. The van der Waals surface area contributed by atoms with Gasteiger partial charge in [0, 0.05) is 6.42 Å². The topological polar surface area (TPSA) is 20.2 Å². The molecule has 1 N–H and O–H groups in total. The van der Waals surface area contributed by atoms with Gasteiger partial charge in [-0.05, 0) is 6.92 Å². The van der Waals surface area contributed by atoms with Crippen molar-refractivity contribution in [3.63, 3.8) is 0 Å². The van der Waals surface area contributed by atoms with E-state index in [2.05, 4.69) is 13.2 Å². The third-order valence-electron chi connectivity index (χ3n) is 1.11. The summed E-state index contributed by atoms with van der Waals surface area (Å²) in [6.45, 7) is 8.90. The maximum Gasteiger partial charge on any atom is 0.0888 e. The fourth-order valence-corrected chi connectivity index (χ4v) is 0.622. The van der Waals surface area contributed by atoms with Crippen LogP contribution in [0.3, 0.4) is 0 Å². The summed E-state index contributed by atoms with van der Waals surface area (Å²) in [7, 11) is 0. The van der Waals surface area contributed by atoms with Gasteiger partial charge in [-0.2, -0.15) is 0 Å². The van der Waals surface area contributed by atoms with Gasteiger partial charge in [0.2, 0.25) is 0 Å². The molecule has 0 bridgehead atoms. The van der Waals surface area contributed by atoms with Crippen molar-refractivity contribution < 1.29 is 5.11 Å². The highest BCUT2D eigenvalue weighted by Gasteiger charge is 1.81. The highest BCUT2D eigenvalue weighted by atomic mass is 16.3. The smallest absolute Gasteiger partial charge is 0.0888 e. The van der Waals surface area contributed by atoms with E-state index >= 15 is 0 Å². The number of allylic oxidation sites excluding steroid dienone is 5. The van der Waals surface area contributed by atoms with E-state index in [-0.39, 0.29) is 5.76 Å². The van der Waals surface area contributed by atoms with Crippen LogP contribution in [0.15, 0.2) is 48.8 Å². The molecule has 0 spiro atoms. The van der Waals surface area contributed by atoms with Crippen LogP contribution in [-0.2, 0) is 0 Å². The number of hydrogen-bond acceptors (Lipinski definition) is 1. The van der Waals surface area contributed by atoms with Gasteiger partial charge in [0.05, 0.1) is 5.76 Å². The Bertz CT molecular complexity index is 197. The molecule has 0 saturated heterocycles. The van der Waals surface area contributed by atoms with Gasteiger partial charge in [0.1, 0.15) is 0 Å². The fourth-order valence-electron chi connectivity index (χ4n) is 0.622. The first-order valence-electron chi connectivity index (χ1n) is 3.49. The van der Waals surface area contributed by atoms with Crippen LogP contribution in [0.2, 0.25) is 0 Å². The maximum atomic E-state index is 8.71. The number of rotatable bonds is 4. The minimum absolute atomic E-state index is 0.188. The molecule has 0 radical (unpaired) electrons. The summed E-state index contributed by atoms with van der Waals surface area (Å²) in [4.78, 5) is 0. The summed E-state index contributed by atoms with van der Waals surface area (Å²) >= 11 is 0. The molecule has 0 aliphatic heterocycles. The molecule has 0 aliphatic rings. The lowest BCUT2D eigenvalue weighted by Gasteiger charge is -1.89. The predicted octanol–water partition coefficient (Wildman–Crippen LogP) is 3.14. The Hall–Kier alpha value is -1.24. The lowest BCUT2D eigenvalue weighted by molar-refractivity contribution is 0.404. The molecule has 0 unspecified atom stereocenters. The number of aliphatic hydroxyl groups excluding tert-OH is 1. The van der Waals surface area contributed by atoms with Crippen molar-refractivity contribution in [1.29, 1.82) is 0 Å². The Balaban J connectivity index is 3.83. The lowest BCUT2D eigenvalue weighted by atomic mass is 10.2. The van der Waals surface area contributed by atoms with Crippen molar-refractivity contribution in [3.05, 3.63) is 48.8 Å². The second kappa shape index (κ2) is 5.54. The van der Waals surface area contributed by atoms with E-state index in [1.807, 2.05) is 25.2 Å². The predicted molar refractivity (Wildman–Crippen MR) is 49.5 cm³/mol. The van der Waals surface area contributed by atoms with Crippen molar-refractivity contribution in [2.24, 2.45) is 0 Å². The average molecular weight is 150 g/mol. The van der Waals surface area contributed by atoms with Gasteiger partial charge in [0.25, 0.3) is 0 Å². The summed E-state index contributed by atoms with van der Waals surface area (Å²) in [5, 5.41) is 8.71. The molecular weight excluding hydrogens is 136 g/mol. The minimum atomic E-state index is 0.188. The Morgan fingerprint density at radius 3 is 2.64 bits per heavy atom. The van der Waals surface area contributed by atoms with E-state index in [1.165, 1.54) is 0 Å². The molecule has 0 aromatic heterocycles. The van der Waals surface area contributed by atoms with Crippen molar-refractivity contribution in [1.82, 2.24) is 0 Å². The van der Waals surface area contributed by atoms with Crippen LogP contribution < -0.4 is 0 Å². The molecule has 0 heterocycles. The molecule has 0 aromatic rings. The Morgan fingerprint density at radius 2 is 2.18 bits per heavy atom. The number of aliphatic hydroxyl groups is 1. The molecule has 11 heavy (non-hydrogen) atoms. The van der Waals surface area contributed by atoms with Crippen molar-refractivity contribution in [2.75, 3.05) is 0 Å². The van der Waals surface area contributed by atoms with Crippen molar-refractivity contribution >= 4 is 0 Å². The highest BCUT2D eigenvalue weighted by molar-refractivity contribution is 5.20. The lowest BCUT2D eigenvalue weighted by Crippen LogP contribution is -1.72. The molecule has 0 aliphatic carbocycles. The average Bonchev–Trinajstić information content (AvgIpc) is 1.87.